The molecule has 0 saturated carbocycles. The molecule has 0 amide bonds. The Kier molecular flexibility index (Phi) is 10.9. The topological polar surface area (TPSA) is 40.5 Å². The summed E-state index contributed by atoms with van der Waals surface area (Å²) in [6, 6.07) is 0. The van der Waals surface area contributed by atoms with Gasteiger partial charge < -0.3 is 11.5 Å². The molecule has 0 heterocycles. The molecule has 0 spiro atoms. The first-order valence-corrected chi connectivity index (χ1v) is 2.78. The van der Waals surface area contributed by atoms with E-state index >= 15 is 0 Å². The Hall–Kier alpha value is 1.41. The predicted octanol–water partition coefficient (Wildman–Crippen LogP) is -2.78. The third-order valence-electron chi connectivity index (χ3n) is 0.976. The summed E-state index contributed by atoms with van der Waals surface area (Å²) in [5.74, 6) is 0. The fraction of sp³-hybridized carbons (Fsp3) is 1.00. The van der Waals surface area contributed by atoms with Crippen LogP contribution in [0.4, 0.5) is 13.2 Å². The fourth-order valence-corrected chi connectivity index (χ4v) is 0.446. The van der Waals surface area contributed by atoms with Gasteiger partial charge in [-0.1, -0.05) is 0 Å². The smallest absolute Gasteiger partial charge is 1.00 e. The quantitative estimate of drug-likeness (QED) is 0.477. The van der Waals surface area contributed by atoms with Crippen LogP contribution in [0.25, 0.3) is 0 Å². The molecule has 11 heavy (non-hydrogen) atoms. The molecule has 62 valence electrons. The summed E-state index contributed by atoms with van der Waals surface area (Å²) in [6.07, 6.45) is -5.17. The maximum atomic E-state index is 12.1. The van der Waals surface area contributed by atoms with E-state index in [-0.39, 0.29) is 52.8 Å². The van der Waals surface area contributed by atoms with Crippen molar-refractivity contribution in [1.29, 1.82) is 0 Å². The van der Waals surface area contributed by atoms with Crippen molar-refractivity contribution in [3.05, 3.63) is 0 Å². The summed E-state index contributed by atoms with van der Waals surface area (Å²) in [5.41, 5.74) is 0. The molecule has 0 radical (unpaired) electrons. The van der Waals surface area contributed by atoms with Crippen molar-refractivity contribution in [3.63, 3.8) is 0 Å². The van der Waals surface area contributed by atoms with E-state index in [1.54, 1.807) is 0 Å². The Morgan fingerprint density at radius 2 is 1.73 bits per heavy atom. The molecule has 0 aromatic carbocycles. The van der Waals surface area contributed by atoms with Crippen molar-refractivity contribution < 1.29 is 76.0 Å². The minimum atomic E-state index is -2.25. The van der Waals surface area contributed by atoms with Crippen molar-refractivity contribution >= 4 is 7.12 Å². The van der Waals surface area contributed by atoms with Crippen LogP contribution in [0.2, 0.25) is 6.32 Å². The van der Waals surface area contributed by atoms with Crippen molar-refractivity contribution in [2.75, 3.05) is 6.67 Å². The molecule has 0 aromatic heterocycles. The Labute approximate surface area is 107 Å². The molecule has 7 heteroatoms. The van der Waals surface area contributed by atoms with Gasteiger partial charge in [0.15, 0.2) is 6.17 Å². The van der Waals surface area contributed by atoms with Crippen molar-refractivity contribution in [3.8, 4) is 0 Å². The van der Waals surface area contributed by atoms with Gasteiger partial charge in [0, 0.05) is 6.32 Å². The number of hydrogen-bond acceptors (Lipinski definition) is 2. The van der Waals surface area contributed by atoms with Crippen LogP contribution < -0.4 is 51.4 Å². The van der Waals surface area contributed by atoms with E-state index in [0.717, 1.165) is 0 Å². The van der Waals surface area contributed by atoms with Gasteiger partial charge in [-0.3, -0.25) is 0 Å². The minimum Gasteiger partial charge on any atom is -1.00 e. The molecule has 2 N–H and O–H groups in total. The van der Waals surface area contributed by atoms with Crippen molar-refractivity contribution in [2.45, 2.75) is 18.7 Å². The van der Waals surface area contributed by atoms with E-state index in [1.807, 2.05) is 0 Å². The molecule has 0 aliphatic rings. The van der Waals surface area contributed by atoms with Crippen molar-refractivity contribution in [1.82, 2.24) is 0 Å². The molecule has 0 bridgehead atoms. The van der Waals surface area contributed by atoms with E-state index in [9.17, 15) is 13.2 Å². The first-order chi connectivity index (χ1) is 4.57. The van der Waals surface area contributed by atoms with Crippen LogP contribution in [-0.4, -0.2) is 36.2 Å². The Morgan fingerprint density at radius 1 is 1.27 bits per heavy atom. The van der Waals surface area contributed by atoms with Gasteiger partial charge in [-0.05, 0) is 0 Å². The van der Waals surface area contributed by atoms with Gasteiger partial charge in [0.2, 0.25) is 0 Å². The summed E-state index contributed by atoms with van der Waals surface area (Å²) < 4.78 is 35.3. The molecule has 0 aliphatic heterocycles. The molecule has 2 nitrogen and oxygen atoms in total. The zero-order valence-corrected chi connectivity index (χ0v) is 9.30. The minimum absolute atomic E-state index is 0. The molecule has 2 unspecified atom stereocenters. The Bertz CT molecular complexity index is 102. The number of rotatable bonds is 4. The number of alkyl halides is 3. The van der Waals surface area contributed by atoms with Gasteiger partial charge in [-0.2, -0.15) is 0 Å². The third-order valence-corrected chi connectivity index (χ3v) is 0.976. The molecule has 0 fully saturated rings. The summed E-state index contributed by atoms with van der Waals surface area (Å²) in [7, 11) is -1.92. The van der Waals surface area contributed by atoms with Gasteiger partial charge in [0.1, 0.15) is 12.8 Å². The molecular formula is C4H9BF3KO2. The SMILES string of the molecule is OB(O)CC(F)C(F)CF.[H-].[K+]. The van der Waals surface area contributed by atoms with Crippen LogP contribution in [0.15, 0.2) is 0 Å². The summed E-state index contributed by atoms with van der Waals surface area (Å²) in [6.45, 7) is -1.44. The van der Waals surface area contributed by atoms with Crippen LogP contribution in [-0.2, 0) is 0 Å². The van der Waals surface area contributed by atoms with Crippen molar-refractivity contribution in [2.24, 2.45) is 0 Å². The molecule has 2 atom stereocenters. The number of halogens is 3. The molecule has 0 saturated heterocycles. The van der Waals surface area contributed by atoms with Crippen LogP contribution in [0.1, 0.15) is 1.43 Å². The first-order valence-electron chi connectivity index (χ1n) is 2.78. The Morgan fingerprint density at radius 3 is 2.00 bits per heavy atom. The zero-order valence-electron chi connectivity index (χ0n) is 7.17. The van der Waals surface area contributed by atoms with Crippen LogP contribution >= 0.6 is 0 Å². The second kappa shape index (κ2) is 8.03. The predicted molar refractivity (Wildman–Crippen MR) is 31.9 cm³/mol. The van der Waals surface area contributed by atoms with E-state index in [0.29, 0.717) is 0 Å². The number of hydrogen-bond donors (Lipinski definition) is 2. The van der Waals surface area contributed by atoms with Crippen LogP contribution in [0, 0.1) is 0 Å². The van der Waals surface area contributed by atoms with E-state index < -0.39 is 32.5 Å². The average molecular weight is 196 g/mol. The molecule has 0 rings (SSSR count). The second-order valence-corrected chi connectivity index (χ2v) is 1.90. The summed E-state index contributed by atoms with van der Waals surface area (Å²) in [5, 5.41) is 16.2. The molecular weight excluding hydrogens is 187 g/mol. The second-order valence-electron chi connectivity index (χ2n) is 1.90. The van der Waals surface area contributed by atoms with Crippen LogP contribution in [0.3, 0.4) is 0 Å². The van der Waals surface area contributed by atoms with Crippen LogP contribution in [0.5, 0.6) is 0 Å². The molecule has 0 aromatic rings. The summed E-state index contributed by atoms with van der Waals surface area (Å²) >= 11 is 0. The Balaban J connectivity index is -0.000000405. The maximum Gasteiger partial charge on any atom is 1.00 e. The zero-order chi connectivity index (χ0) is 8.15. The largest absolute Gasteiger partial charge is 1.00 e. The normalized spacial score (nSPS) is 15.0. The van der Waals surface area contributed by atoms with Gasteiger partial charge in [-0.25, -0.2) is 13.2 Å². The third kappa shape index (κ3) is 7.76. The fourth-order valence-electron chi connectivity index (χ4n) is 0.446. The van der Waals surface area contributed by atoms with Gasteiger partial charge >= 0.3 is 58.5 Å². The average Bonchev–Trinajstić information content (AvgIpc) is 1.85. The first kappa shape index (κ1) is 14.9. The maximum absolute atomic E-state index is 12.1. The van der Waals surface area contributed by atoms with E-state index in [1.165, 1.54) is 0 Å². The van der Waals surface area contributed by atoms with Gasteiger partial charge in [-0.15, -0.1) is 0 Å². The summed E-state index contributed by atoms with van der Waals surface area (Å²) in [4.78, 5) is 0. The standard InChI is InChI=1S/C4H8BF3O2.K.H/c6-2-4(8)3(7)1-5(9)10;;/h3-4,9-10H,1-2H2;;/q;+1;-1. The van der Waals surface area contributed by atoms with E-state index in [2.05, 4.69) is 0 Å². The van der Waals surface area contributed by atoms with Gasteiger partial charge in [0.25, 0.3) is 0 Å². The molecule has 0 aliphatic carbocycles. The van der Waals surface area contributed by atoms with E-state index in [4.69, 9.17) is 10.0 Å². The monoisotopic (exact) mass is 196 g/mol. The van der Waals surface area contributed by atoms with Gasteiger partial charge in [0.05, 0.1) is 0 Å².